The number of nitrogens with zero attached hydrogens (tertiary/aromatic N) is 1. The Morgan fingerprint density at radius 2 is 1.81 bits per heavy atom. The zero-order valence-electron chi connectivity index (χ0n) is 14.9. The second-order valence-corrected chi connectivity index (χ2v) is 6.85. The summed E-state index contributed by atoms with van der Waals surface area (Å²) < 4.78 is 5.04. The second kappa shape index (κ2) is 7.46. The van der Waals surface area contributed by atoms with Gasteiger partial charge in [-0.05, 0) is 36.2 Å². The molecule has 2 aliphatic rings. The summed E-state index contributed by atoms with van der Waals surface area (Å²) in [7, 11) is 0. The number of amides is 1. The number of fused-ring (bicyclic) bond motifs is 1. The zero-order valence-corrected chi connectivity index (χ0v) is 14.9. The normalized spacial score (nSPS) is 18.4. The van der Waals surface area contributed by atoms with Crippen LogP contribution < -0.4 is 10.6 Å². The molecule has 27 heavy (non-hydrogen) atoms. The van der Waals surface area contributed by atoms with E-state index in [2.05, 4.69) is 10.6 Å². The minimum atomic E-state index is -0.874. The lowest BCUT2D eigenvalue weighted by Gasteiger charge is -2.33. The van der Waals surface area contributed by atoms with Gasteiger partial charge in [0.15, 0.2) is 11.6 Å². The molecule has 2 aromatic rings. The van der Waals surface area contributed by atoms with Crippen LogP contribution in [-0.2, 0) is 11.2 Å². The number of benzene rings is 1. The first-order valence-electron chi connectivity index (χ1n) is 9.11. The maximum atomic E-state index is 13.3. The molecule has 0 bridgehead atoms. The first-order chi connectivity index (χ1) is 13.1. The number of carbonyl (C=O) groups excluding carboxylic acids is 3. The number of furan rings is 1. The number of ketones is 2. The number of anilines is 1. The van der Waals surface area contributed by atoms with Gasteiger partial charge in [-0.1, -0.05) is 0 Å². The summed E-state index contributed by atoms with van der Waals surface area (Å²) in [6, 6.07) is 5.95. The number of aryl methyl sites for hydroxylation is 1. The fraction of sp³-hybridized carbons (Fsp3) is 0.350. The Morgan fingerprint density at radius 3 is 2.56 bits per heavy atom. The molecule has 1 unspecified atom stereocenters. The number of carbonyl (C=O) groups is 3. The Balaban J connectivity index is 1.66. The number of nitrogens with one attached hydrogen (secondary N) is 2. The van der Waals surface area contributed by atoms with Gasteiger partial charge < -0.3 is 15.1 Å². The SMILES string of the molecule is O=C1CCc2cc(C(=O)C(C(=O)c3ccoc3)N3CCNCC3)ccc2N1. The van der Waals surface area contributed by atoms with Gasteiger partial charge in [0.1, 0.15) is 12.3 Å². The molecule has 1 aromatic heterocycles. The average molecular weight is 367 g/mol. The smallest absolute Gasteiger partial charge is 0.224 e. The van der Waals surface area contributed by atoms with Gasteiger partial charge in [-0.2, -0.15) is 0 Å². The van der Waals surface area contributed by atoms with Crippen LogP contribution >= 0.6 is 0 Å². The largest absolute Gasteiger partial charge is 0.472 e. The number of hydrogen-bond acceptors (Lipinski definition) is 6. The average Bonchev–Trinajstić information content (AvgIpc) is 3.23. The molecule has 1 aromatic carbocycles. The molecule has 7 nitrogen and oxygen atoms in total. The van der Waals surface area contributed by atoms with Crippen molar-refractivity contribution >= 4 is 23.2 Å². The van der Waals surface area contributed by atoms with Gasteiger partial charge in [-0.3, -0.25) is 19.3 Å². The van der Waals surface area contributed by atoms with Gasteiger partial charge in [0, 0.05) is 43.9 Å². The number of hydrogen-bond donors (Lipinski definition) is 2. The number of Topliss-reactive ketones (excluding diaryl/α,β-unsaturated/α-hetero) is 2. The van der Waals surface area contributed by atoms with E-state index in [9.17, 15) is 14.4 Å². The minimum absolute atomic E-state index is 0.0181. The molecular formula is C20H21N3O4. The lowest BCUT2D eigenvalue weighted by Crippen LogP contribution is -2.54. The van der Waals surface area contributed by atoms with Crippen LogP contribution in [0.25, 0.3) is 0 Å². The molecule has 0 saturated carbocycles. The minimum Gasteiger partial charge on any atom is -0.472 e. The van der Waals surface area contributed by atoms with Crippen LogP contribution in [0.2, 0.25) is 0 Å². The highest BCUT2D eigenvalue weighted by atomic mass is 16.3. The van der Waals surface area contributed by atoms with E-state index in [0.29, 0.717) is 37.1 Å². The van der Waals surface area contributed by atoms with Crippen LogP contribution in [0.15, 0.2) is 41.2 Å². The standard InChI is InChI=1S/C20H21N3O4/c24-17-4-2-13-11-14(1-3-16(13)22-17)19(25)18(23-8-6-21-7-9-23)20(26)15-5-10-27-12-15/h1,3,5,10-12,18,21H,2,4,6-9H2,(H,22,24). The predicted octanol–water partition coefficient (Wildman–Crippen LogP) is 1.50. The van der Waals surface area contributed by atoms with Crippen molar-refractivity contribution in [3.05, 3.63) is 53.5 Å². The highest BCUT2D eigenvalue weighted by Gasteiger charge is 2.35. The van der Waals surface area contributed by atoms with E-state index in [1.165, 1.54) is 12.5 Å². The fourth-order valence-electron chi connectivity index (χ4n) is 3.65. The van der Waals surface area contributed by atoms with Crippen LogP contribution in [0.3, 0.4) is 0 Å². The first kappa shape index (κ1) is 17.6. The lowest BCUT2D eigenvalue weighted by atomic mass is 9.92. The third-order valence-corrected chi connectivity index (χ3v) is 5.10. The zero-order chi connectivity index (χ0) is 18.8. The van der Waals surface area contributed by atoms with Gasteiger partial charge in [0.05, 0.1) is 11.8 Å². The van der Waals surface area contributed by atoms with E-state index in [0.717, 1.165) is 24.3 Å². The molecule has 140 valence electrons. The quantitative estimate of drug-likeness (QED) is 0.615. The highest BCUT2D eigenvalue weighted by molar-refractivity contribution is 6.19. The molecule has 2 aliphatic heterocycles. The van der Waals surface area contributed by atoms with Gasteiger partial charge in [0.2, 0.25) is 5.91 Å². The van der Waals surface area contributed by atoms with Crippen molar-refractivity contribution in [2.75, 3.05) is 31.5 Å². The fourth-order valence-corrected chi connectivity index (χ4v) is 3.65. The molecular weight excluding hydrogens is 346 g/mol. The van der Waals surface area contributed by atoms with Gasteiger partial charge in [-0.15, -0.1) is 0 Å². The molecule has 3 heterocycles. The maximum absolute atomic E-state index is 13.3. The lowest BCUT2D eigenvalue weighted by molar-refractivity contribution is -0.116. The molecule has 1 fully saturated rings. The Hall–Kier alpha value is -2.77. The molecule has 0 spiro atoms. The van der Waals surface area contributed by atoms with Gasteiger partial charge in [0.25, 0.3) is 0 Å². The highest BCUT2D eigenvalue weighted by Crippen LogP contribution is 2.25. The summed E-state index contributed by atoms with van der Waals surface area (Å²) in [6.45, 7) is 2.72. The molecule has 4 rings (SSSR count). The Bertz CT molecular complexity index is 869. The topological polar surface area (TPSA) is 91.6 Å². The van der Waals surface area contributed by atoms with Crippen molar-refractivity contribution in [1.82, 2.24) is 10.2 Å². The van der Waals surface area contributed by atoms with E-state index < -0.39 is 6.04 Å². The molecule has 1 saturated heterocycles. The molecule has 1 atom stereocenters. The van der Waals surface area contributed by atoms with Gasteiger partial charge >= 0.3 is 0 Å². The molecule has 0 aliphatic carbocycles. The summed E-state index contributed by atoms with van der Waals surface area (Å²) in [6.07, 6.45) is 3.82. The summed E-state index contributed by atoms with van der Waals surface area (Å²) in [5.74, 6) is -0.486. The Morgan fingerprint density at radius 1 is 1.04 bits per heavy atom. The third-order valence-electron chi connectivity index (χ3n) is 5.10. The Labute approximate surface area is 156 Å². The third kappa shape index (κ3) is 3.56. The molecule has 2 N–H and O–H groups in total. The molecule has 7 heteroatoms. The van der Waals surface area contributed by atoms with Crippen LogP contribution in [-0.4, -0.2) is 54.6 Å². The molecule has 0 radical (unpaired) electrons. The van der Waals surface area contributed by atoms with E-state index in [-0.39, 0.29) is 17.5 Å². The summed E-state index contributed by atoms with van der Waals surface area (Å²) in [5, 5.41) is 6.06. The van der Waals surface area contributed by atoms with Crippen LogP contribution in [0.5, 0.6) is 0 Å². The van der Waals surface area contributed by atoms with Crippen LogP contribution in [0.4, 0.5) is 5.69 Å². The van der Waals surface area contributed by atoms with E-state index in [1.807, 2.05) is 4.90 Å². The van der Waals surface area contributed by atoms with E-state index in [1.54, 1.807) is 24.3 Å². The Kier molecular flexibility index (Phi) is 4.87. The van der Waals surface area contributed by atoms with Gasteiger partial charge in [-0.25, -0.2) is 0 Å². The monoisotopic (exact) mass is 367 g/mol. The summed E-state index contributed by atoms with van der Waals surface area (Å²) in [4.78, 5) is 39.8. The van der Waals surface area contributed by atoms with Crippen LogP contribution in [0, 0.1) is 0 Å². The summed E-state index contributed by atoms with van der Waals surface area (Å²) in [5.41, 5.74) is 2.56. The van der Waals surface area contributed by atoms with Crippen molar-refractivity contribution in [1.29, 1.82) is 0 Å². The predicted molar refractivity (Wildman–Crippen MR) is 99.0 cm³/mol. The van der Waals surface area contributed by atoms with Crippen molar-refractivity contribution in [2.24, 2.45) is 0 Å². The van der Waals surface area contributed by atoms with Crippen molar-refractivity contribution in [3.8, 4) is 0 Å². The first-order valence-corrected chi connectivity index (χ1v) is 9.11. The van der Waals surface area contributed by atoms with E-state index in [4.69, 9.17) is 4.42 Å². The molecule has 1 amide bonds. The van der Waals surface area contributed by atoms with Crippen LogP contribution in [0.1, 0.15) is 32.7 Å². The van der Waals surface area contributed by atoms with Crippen molar-refractivity contribution < 1.29 is 18.8 Å². The second-order valence-electron chi connectivity index (χ2n) is 6.85. The van der Waals surface area contributed by atoms with E-state index >= 15 is 0 Å². The summed E-state index contributed by atoms with van der Waals surface area (Å²) >= 11 is 0. The number of rotatable bonds is 5. The maximum Gasteiger partial charge on any atom is 0.224 e. The number of piperazine rings is 1. The van der Waals surface area contributed by atoms with Crippen molar-refractivity contribution in [3.63, 3.8) is 0 Å². The van der Waals surface area contributed by atoms with Crippen molar-refractivity contribution in [2.45, 2.75) is 18.9 Å².